The zero-order valence-corrected chi connectivity index (χ0v) is 13.4. The summed E-state index contributed by atoms with van der Waals surface area (Å²) in [5.41, 5.74) is 4.94. The van der Waals surface area contributed by atoms with Crippen molar-refractivity contribution in [1.82, 2.24) is 4.57 Å². The van der Waals surface area contributed by atoms with Gasteiger partial charge in [-0.05, 0) is 44.5 Å². The van der Waals surface area contributed by atoms with Crippen LogP contribution in [-0.2, 0) is 4.74 Å². The molecule has 6 nitrogen and oxygen atoms in total. The Morgan fingerprint density at radius 1 is 1.43 bits per heavy atom. The molecule has 0 bridgehead atoms. The monoisotopic (exact) mass is 310 g/mol. The molecule has 0 atom stereocenters. The van der Waals surface area contributed by atoms with Crippen molar-refractivity contribution < 1.29 is 9.53 Å². The molecule has 1 N–H and O–H groups in total. The highest BCUT2D eigenvalue weighted by Crippen LogP contribution is 2.39. The Balaban J connectivity index is 2.19. The summed E-state index contributed by atoms with van der Waals surface area (Å²) in [6.07, 6.45) is -0.397. The van der Waals surface area contributed by atoms with Gasteiger partial charge in [0.25, 0.3) is 0 Å². The van der Waals surface area contributed by atoms with Crippen molar-refractivity contribution in [3.63, 3.8) is 0 Å². The third-order valence-corrected chi connectivity index (χ3v) is 4.06. The average Bonchev–Trinajstić information content (AvgIpc) is 3.09. The normalized spacial score (nSPS) is 12.5. The van der Waals surface area contributed by atoms with Gasteiger partial charge in [0, 0.05) is 5.69 Å². The second-order valence-electron chi connectivity index (χ2n) is 5.38. The summed E-state index contributed by atoms with van der Waals surface area (Å²) in [5.74, 6) is 0. The van der Waals surface area contributed by atoms with E-state index in [0.717, 1.165) is 28.3 Å². The molecule has 0 saturated carbocycles. The van der Waals surface area contributed by atoms with E-state index in [2.05, 4.69) is 11.4 Å². The van der Waals surface area contributed by atoms with Crippen LogP contribution in [0.15, 0.2) is 24.3 Å². The Morgan fingerprint density at radius 2 is 2.22 bits per heavy atom. The highest BCUT2D eigenvalue weighted by molar-refractivity contribution is 5.99. The predicted molar refractivity (Wildman–Crippen MR) is 87.9 cm³/mol. The number of nitrogens with one attached hydrogen (secondary N) is 1. The molecule has 0 spiro atoms. The quantitative estimate of drug-likeness (QED) is 0.924. The van der Waals surface area contributed by atoms with Crippen LogP contribution in [0.2, 0.25) is 0 Å². The summed E-state index contributed by atoms with van der Waals surface area (Å²) in [4.78, 5) is 13.8. The maximum absolute atomic E-state index is 12.2. The van der Waals surface area contributed by atoms with E-state index in [0.29, 0.717) is 19.0 Å². The average molecular weight is 310 g/mol. The summed E-state index contributed by atoms with van der Waals surface area (Å²) in [6.45, 7) is 6.38. The number of aryl methyl sites for hydroxylation is 1. The van der Waals surface area contributed by atoms with E-state index in [4.69, 9.17) is 4.74 Å². The number of hydrogen-bond donors (Lipinski definition) is 1. The molecule has 0 unspecified atom stereocenters. The highest BCUT2D eigenvalue weighted by Gasteiger charge is 2.29. The number of benzene rings is 1. The Morgan fingerprint density at radius 3 is 2.91 bits per heavy atom. The zero-order chi connectivity index (χ0) is 16.6. The molecule has 118 valence electrons. The molecule has 0 fully saturated rings. The number of amides is 1. The molecule has 0 radical (unpaired) electrons. The number of nitriles is 1. The predicted octanol–water partition coefficient (Wildman–Crippen LogP) is 3.31. The summed E-state index contributed by atoms with van der Waals surface area (Å²) in [7, 11) is 0. The minimum absolute atomic E-state index is 0.317. The number of hydrogen-bond acceptors (Lipinski definition) is 4. The standard InChI is InChI=1S/C17H18N4O2/c1-4-23-17(22)20-10-19-14-6-5-7-15(16(14)20)21-12(3)11(2)8-13(21)9-18/h5-8,19H,4,10H2,1-3H3. The van der Waals surface area contributed by atoms with Crippen LogP contribution in [0.1, 0.15) is 23.9 Å². The van der Waals surface area contributed by atoms with Crippen LogP contribution >= 0.6 is 0 Å². The van der Waals surface area contributed by atoms with Gasteiger partial charge in [0.1, 0.15) is 11.8 Å². The van der Waals surface area contributed by atoms with Gasteiger partial charge < -0.3 is 14.6 Å². The first kappa shape index (κ1) is 15.0. The van der Waals surface area contributed by atoms with E-state index >= 15 is 0 Å². The van der Waals surface area contributed by atoms with Gasteiger partial charge >= 0.3 is 6.09 Å². The van der Waals surface area contributed by atoms with Crippen molar-refractivity contribution in [1.29, 1.82) is 5.26 Å². The van der Waals surface area contributed by atoms with E-state index in [1.165, 1.54) is 0 Å². The van der Waals surface area contributed by atoms with E-state index in [1.807, 2.05) is 42.7 Å². The lowest BCUT2D eigenvalue weighted by molar-refractivity contribution is 0.160. The van der Waals surface area contributed by atoms with Crippen LogP contribution in [0.4, 0.5) is 16.2 Å². The number of rotatable bonds is 2. The van der Waals surface area contributed by atoms with Gasteiger partial charge in [0.05, 0.1) is 30.3 Å². The van der Waals surface area contributed by atoms with Crippen molar-refractivity contribution in [3.05, 3.63) is 41.2 Å². The molecule has 2 aromatic rings. The molecule has 23 heavy (non-hydrogen) atoms. The van der Waals surface area contributed by atoms with Crippen molar-refractivity contribution in [2.45, 2.75) is 20.8 Å². The fraction of sp³-hybridized carbons (Fsp3) is 0.294. The van der Waals surface area contributed by atoms with Crippen LogP contribution in [-0.4, -0.2) is 23.9 Å². The highest BCUT2D eigenvalue weighted by atomic mass is 16.6. The zero-order valence-electron chi connectivity index (χ0n) is 13.4. The van der Waals surface area contributed by atoms with Gasteiger partial charge in [-0.1, -0.05) is 6.07 Å². The lowest BCUT2D eigenvalue weighted by Gasteiger charge is -2.20. The molecule has 2 heterocycles. The number of aromatic nitrogens is 1. The number of anilines is 2. The number of para-hydroxylation sites is 1. The van der Waals surface area contributed by atoms with Gasteiger partial charge in [-0.2, -0.15) is 5.26 Å². The van der Waals surface area contributed by atoms with Crippen molar-refractivity contribution in [2.75, 3.05) is 23.5 Å². The Bertz CT molecular complexity index is 817. The number of fused-ring (bicyclic) bond motifs is 1. The Labute approximate surface area is 134 Å². The number of ether oxygens (including phenoxy) is 1. The number of carbonyl (C=O) groups is 1. The molecular weight excluding hydrogens is 292 g/mol. The van der Waals surface area contributed by atoms with E-state index < -0.39 is 6.09 Å². The van der Waals surface area contributed by atoms with Gasteiger partial charge in [-0.3, -0.25) is 4.90 Å². The number of carbonyl (C=O) groups excluding carboxylic acids is 1. The van der Waals surface area contributed by atoms with Gasteiger partial charge in [-0.25, -0.2) is 4.79 Å². The topological polar surface area (TPSA) is 70.3 Å². The summed E-state index contributed by atoms with van der Waals surface area (Å²) in [5, 5.41) is 12.6. The van der Waals surface area contributed by atoms with E-state index in [9.17, 15) is 10.1 Å². The SMILES string of the molecule is CCOC(=O)N1CNc2cccc(-n3c(C#N)cc(C)c3C)c21. The Hall–Kier alpha value is -2.94. The minimum atomic E-state index is -0.397. The fourth-order valence-electron chi connectivity index (χ4n) is 2.86. The second-order valence-corrected chi connectivity index (χ2v) is 5.38. The van der Waals surface area contributed by atoms with Crippen LogP contribution < -0.4 is 10.2 Å². The molecule has 3 rings (SSSR count). The minimum Gasteiger partial charge on any atom is -0.449 e. The summed E-state index contributed by atoms with van der Waals surface area (Å²) < 4.78 is 7.02. The largest absolute Gasteiger partial charge is 0.449 e. The number of nitrogens with zero attached hydrogens (tertiary/aromatic N) is 3. The smallest absolute Gasteiger partial charge is 0.415 e. The summed E-state index contributed by atoms with van der Waals surface area (Å²) in [6, 6.07) is 9.81. The summed E-state index contributed by atoms with van der Waals surface area (Å²) >= 11 is 0. The van der Waals surface area contributed by atoms with E-state index in [1.54, 1.807) is 11.8 Å². The van der Waals surface area contributed by atoms with Gasteiger partial charge in [0.15, 0.2) is 0 Å². The molecular formula is C17H18N4O2. The first-order chi connectivity index (χ1) is 11.1. The van der Waals surface area contributed by atoms with Crippen molar-refractivity contribution in [3.8, 4) is 11.8 Å². The third-order valence-electron chi connectivity index (χ3n) is 4.06. The molecule has 1 aromatic carbocycles. The molecule has 0 aliphatic carbocycles. The van der Waals surface area contributed by atoms with Crippen molar-refractivity contribution in [2.24, 2.45) is 0 Å². The molecule has 1 aliphatic rings. The van der Waals surface area contributed by atoms with Crippen LogP contribution in [0.5, 0.6) is 0 Å². The van der Waals surface area contributed by atoms with Crippen molar-refractivity contribution >= 4 is 17.5 Å². The molecule has 1 amide bonds. The maximum Gasteiger partial charge on any atom is 0.415 e. The maximum atomic E-state index is 12.2. The van der Waals surface area contributed by atoms with Crippen LogP contribution in [0, 0.1) is 25.2 Å². The fourth-order valence-corrected chi connectivity index (χ4v) is 2.86. The second kappa shape index (κ2) is 5.69. The van der Waals surface area contributed by atoms with Crippen LogP contribution in [0.25, 0.3) is 5.69 Å². The van der Waals surface area contributed by atoms with Gasteiger partial charge in [0.2, 0.25) is 0 Å². The lowest BCUT2D eigenvalue weighted by Crippen LogP contribution is -2.31. The molecule has 0 saturated heterocycles. The first-order valence-electron chi connectivity index (χ1n) is 7.49. The molecule has 1 aromatic heterocycles. The van der Waals surface area contributed by atoms with E-state index in [-0.39, 0.29) is 0 Å². The Kier molecular flexibility index (Phi) is 3.70. The third kappa shape index (κ3) is 2.30. The van der Waals surface area contributed by atoms with Gasteiger partial charge in [-0.15, -0.1) is 0 Å². The molecule has 6 heteroatoms. The first-order valence-corrected chi connectivity index (χ1v) is 7.49. The lowest BCUT2D eigenvalue weighted by atomic mass is 10.2. The molecule has 1 aliphatic heterocycles. The van der Waals surface area contributed by atoms with Crippen LogP contribution in [0.3, 0.4) is 0 Å².